The Morgan fingerprint density at radius 3 is 2.75 bits per heavy atom. The Morgan fingerprint density at radius 1 is 1.10 bits per heavy atom. The molecule has 20 heavy (non-hydrogen) atoms. The van der Waals surface area contributed by atoms with Crippen LogP contribution in [0.25, 0.3) is 5.69 Å². The molecular weight excluding hydrogens is 256 g/mol. The zero-order valence-corrected chi connectivity index (χ0v) is 10.8. The van der Waals surface area contributed by atoms with Crippen molar-refractivity contribution >= 4 is 5.95 Å². The Balaban J connectivity index is 1.80. The number of hydrogen-bond acceptors (Lipinski definition) is 6. The predicted molar refractivity (Wildman–Crippen MR) is 73.0 cm³/mol. The highest BCUT2D eigenvalue weighted by molar-refractivity contribution is 5.30. The van der Waals surface area contributed by atoms with Gasteiger partial charge in [-0.25, -0.2) is 9.67 Å². The first-order valence-electron chi connectivity index (χ1n) is 6.01. The summed E-state index contributed by atoms with van der Waals surface area (Å²) in [7, 11) is 1.74. The number of benzene rings is 1. The second-order valence-electron chi connectivity index (χ2n) is 3.88. The van der Waals surface area contributed by atoms with Gasteiger partial charge in [0.1, 0.15) is 6.33 Å². The van der Waals surface area contributed by atoms with Gasteiger partial charge in [-0.05, 0) is 12.1 Å². The molecule has 1 aromatic carbocycles. The summed E-state index contributed by atoms with van der Waals surface area (Å²) in [6.45, 7) is 0. The van der Waals surface area contributed by atoms with Gasteiger partial charge in [-0.2, -0.15) is 9.97 Å². The lowest BCUT2D eigenvalue weighted by Gasteiger charge is -2.02. The minimum Gasteiger partial charge on any atom is -0.404 e. The molecule has 7 nitrogen and oxygen atoms in total. The van der Waals surface area contributed by atoms with E-state index in [1.165, 1.54) is 0 Å². The van der Waals surface area contributed by atoms with Crippen molar-refractivity contribution in [3.63, 3.8) is 0 Å². The second kappa shape index (κ2) is 5.35. The molecule has 1 N–H and O–H groups in total. The lowest BCUT2D eigenvalue weighted by atomic mass is 10.3. The average molecular weight is 268 g/mol. The lowest BCUT2D eigenvalue weighted by molar-refractivity contribution is 0.424. The van der Waals surface area contributed by atoms with Crippen LogP contribution < -0.4 is 10.1 Å². The summed E-state index contributed by atoms with van der Waals surface area (Å²) in [5, 5.41) is 7.07. The molecule has 3 aromatic rings. The van der Waals surface area contributed by atoms with Crippen molar-refractivity contribution in [3.8, 4) is 17.6 Å². The molecule has 0 aliphatic carbocycles. The molecule has 2 aromatic heterocycles. The summed E-state index contributed by atoms with van der Waals surface area (Å²) in [5.41, 5.74) is 0.911. The largest absolute Gasteiger partial charge is 0.404 e. The molecule has 0 fully saturated rings. The maximum absolute atomic E-state index is 5.49. The van der Waals surface area contributed by atoms with Gasteiger partial charge in [0.05, 0.1) is 5.69 Å². The molecule has 0 saturated carbocycles. The quantitative estimate of drug-likeness (QED) is 0.778. The van der Waals surface area contributed by atoms with E-state index in [1.54, 1.807) is 30.3 Å². The third kappa shape index (κ3) is 2.56. The smallest absolute Gasteiger partial charge is 0.342 e. The zero-order chi connectivity index (χ0) is 13.8. The summed E-state index contributed by atoms with van der Waals surface area (Å²) >= 11 is 0. The molecule has 0 atom stereocenters. The number of para-hydroxylation sites is 1. The number of anilines is 1. The van der Waals surface area contributed by atoms with Crippen LogP contribution >= 0.6 is 0 Å². The number of ether oxygens (including phenoxy) is 1. The van der Waals surface area contributed by atoms with Gasteiger partial charge in [-0.15, -0.1) is 5.10 Å². The Morgan fingerprint density at radius 2 is 1.95 bits per heavy atom. The Kier molecular flexibility index (Phi) is 3.24. The predicted octanol–water partition coefficient (Wildman–Crippen LogP) is 1.89. The van der Waals surface area contributed by atoms with Crippen molar-refractivity contribution in [2.75, 3.05) is 12.4 Å². The second-order valence-corrected chi connectivity index (χ2v) is 3.88. The van der Waals surface area contributed by atoms with E-state index in [4.69, 9.17) is 4.74 Å². The Hall–Kier alpha value is -2.96. The van der Waals surface area contributed by atoms with Gasteiger partial charge in [-0.3, -0.25) is 0 Å². The van der Waals surface area contributed by atoms with Crippen LogP contribution in [0.1, 0.15) is 0 Å². The highest BCUT2D eigenvalue weighted by Crippen LogP contribution is 2.16. The fraction of sp³-hybridized carbons (Fsp3) is 0.0769. The van der Waals surface area contributed by atoms with E-state index < -0.39 is 0 Å². The summed E-state index contributed by atoms with van der Waals surface area (Å²) in [4.78, 5) is 12.2. The number of nitrogens with zero attached hydrogens (tertiary/aromatic N) is 5. The molecule has 7 heteroatoms. The van der Waals surface area contributed by atoms with Crippen LogP contribution in [0.5, 0.6) is 11.9 Å². The van der Waals surface area contributed by atoms with Crippen molar-refractivity contribution in [1.29, 1.82) is 0 Å². The Bertz CT molecular complexity index is 697. The topological polar surface area (TPSA) is 77.8 Å². The molecule has 0 bridgehead atoms. The highest BCUT2D eigenvalue weighted by Gasteiger charge is 2.06. The van der Waals surface area contributed by atoms with Crippen LogP contribution in [-0.2, 0) is 0 Å². The van der Waals surface area contributed by atoms with Crippen LogP contribution in [-0.4, -0.2) is 31.8 Å². The number of rotatable bonds is 4. The third-order valence-electron chi connectivity index (χ3n) is 2.54. The van der Waals surface area contributed by atoms with Gasteiger partial charge < -0.3 is 10.1 Å². The van der Waals surface area contributed by atoms with Crippen LogP contribution in [0, 0.1) is 0 Å². The molecule has 100 valence electrons. The van der Waals surface area contributed by atoms with Gasteiger partial charge in [0, 0.05) is 19.3 Å². The molecule has 2 heterocycles. The number of aromatic nitrogens is 5. The van der Waals surface area contributed by atoms with E-state index in [-0.39, 0.29) is 6.01 Å². The molecule has 0 radical (unpaired) electrons. The molecule has 0 aliphatic rings. The normalized spacial score (nSPS) is 10.2. The number of hydrogen-bond donors (Lipinski definition) is 1. The molecule has 0 aliphatic heterocycles. The lowest BCUT2D eigenvalue weighted by Crippen LogP contribution is -1.98. The van der Waals surface area contributed by atoms with E-state index >= 15 is 0 Å². The van der Waals surface area contributed by atoms with E-state index in [9.17, 15) is 0 Å². The van der Waals surface area contributed by atoms with Crippen LogP contribution in [0.3, 0.4) is 0 Å². The fourth-order valence-electron chi connectivity index (χ4n) is 1.61. The van der Waals surface area contributed by atoms with Crippen molar-refractivity contribution in [2.24, 2.45) is 0 Å². The maximum Gasteiger partial charge on any atom is 0.342 e. The van der Waals surface area contributed by atoms with Gasteiger partial charge in [-0.1, -0.05) is 18.2 Å². The van der Waals surface area contributed by atoms with E-state index in [0.717, 1.165) is 5.69 Å². The van der Waals surface area contributed by atoms with Gasteiger partial charge >= 0.3 is 6.01 Å². The zero-order valence-electron chi connectivity index (χ0n) is 10.8. The van der Waals surface area contributed by atoms with Crippen molar-refractivity contribution in [2.45, 2.75) is 0 Å². The summed E-state index contributed by atoms with van der Waals surface area (Å²) in [5.74, 6) is 0.861. The first-order valence-corrected chi connectivity index (χ1v) is 6.01. The molecule has 0 spiro atoms. The van der Waals surface area contributed by atoms with E-state index in [1.807, 2.05) is 30.3 Å². The molecule has 3 rings (SSSR count). The molecule has 0 saturated heterocycles. The van der Waals surface area contributed by atoms with Crippen molar-refractivity contribution in [3.05, 3.63) is 48.9 Å². The van der Waals surface area contributed by atoms with E-state index in [2.05, 4.69) is 25.4 Å². The first kappa shape index (κ1) is 12.1. The van der Waals surface area contributed by atoms with Crippen molar-refractivity contribution in [1.82, 2.24) is 24.7 Å². The van der Waals surface area contributed by atoms with Gasteiger partial charge in [0.15, 0.2) is 0 Å². The first-order chi connectivity index (χ1) is 9.85. The van der Waals surface area contributed by atoms with Crippen LogP contribution in [0.2, 0.25) is 0 Å². The molecule has 0 amide bonds. The maximum atomic E-state index is 5.49. The Labute approximate surface area is 115 Å². The van der Waals surface area contributed by atoms with Gasteiger partial charge in [0.2, 0.25) is 11.8 Å². The van der Waals surface area contributed by atoms with Gasteiger partial charge in [0.25, 0.3) is 0 Å². The number of nitrogens with one attached hydrogen (secondary N) is 1. The summed E-state index contributed by atoms with van der Waals surface area (Å²) in [6.07, 6.45) is 3.19. The SMILES string of the molecule is CNc1nccc(Oc2ncn(-c3ccccc3)n2)n1. The standard InChI is InChI=1S/C13H12N6O/c1-14-12-15-8-7-11(17-12)20-13-16-9-19(18-13)10-5-3-2-4-6-10/h2-9H,1H3,(H,14,15,17). The van der Waals surface area contributed by atoms with Crippen LogP contribution in [0.4, 0.5) is 5.95 Å². The third-order valence-corrected chi connectivity index (χ3v) is 2.54. The fourth-order valence-corrected chi connectivity index (χ4v) is 1.61. The van der Waals surface area contributed by atoms with E-state index in [0.29, 0.717) is 11.8 Å². The average Bonchev–Trinajstić information content (AvgIpc) is 2.97. The summed E-state index contributed by atoms with van der Waals surface area (Å²) in [6, 6.07) is 11.5. The minimum absolute atomic E-state index is 0.231. The molecular formula is C13H12N6O. The van der Waals surface area contributed by atoms with Crippen LogP contribution in [0.15, 0.2) is 48.9 Å². The van der Waals surface area contributed by atoms with Crippen molar-refractivity contribution < 1.29 is 4.74 Å². The minimum atomic E-state index is 0.231. The monoisotopic (exact) mass is 268 g/mol. The highest BCUT2D eigenvalue weighted by atomic mass is 16.5. The molecule has 0 unspecified atom stereocenters. The summed E-state index contributed by atoms with van der Waals surface area (Å²) < 4.78 is 7.12.